The molecule has 2 nitrogen and oxygen atoms in total. The van der Waals surface area contributed by atoms with Gasteiger partial charge < -0.3 is 0 Å². The highest BCUT2D eigenvalue weighted by molar-refractivity contribution is 6.03. The molecule has 4 rings (SSSR count). The Hall–Kier alpha value is -2.61. The van der Waals surface area contributed by atoms with Gasteiger partial charge in [0.25, 0.3) is 0 Å². The standard InChI is InChI=1S/C24H25NO/c1-18-11-14-22(15-12-18)25(24(26)20-8-3-2-4-9-20)23-16-13-19-7-5-6-10-21(19)17-23/h5-7,10-17,20H,2-4,8-9H2,1H3. The Labute approximate surface area is 155 Å². The average Bonchev–Trinajstić information content (AvgIpc) is 2.70. The molecule has 0 aromatic heterocycles. The summed E-state index contributed by atoms with van der Waals surface area (Å²) in [4.78, 5) is 15.4. The molecule has 1 aliphatic carbocycles. The summed E-state index contributed by atoms with van der Waals surface area (Å²) in [6, 6.07) is 22.9. The summed E-state index contributed by atoms with van der Waals surface area (Å²) in [7, 11) is 0. The van der Waals surface area contributed by atoms with E-state index < -0.39 is 0 Å². The van der Waals surface area contributed by atoms with Gasteiger partial charge in [0.2, 0.25) is 5.91 Å². The van der Waals surface area contributed by atoms with E-state index in [-0.39, 0.29) is 11.8 Å². The molecule has 0 aliphatic heterocycles. The summed E-state index contributed by atoms with van der Waals surface area (Å²) < 4.78 is 0. The van der Waals surface area contributed by atoms with Gasteiger partial charge in [-0.2, -0.15) is 0 Å². The van der Waals surface area contributed by atoms with Crippen molar-refractivity contribution in [1.29, 1.82) is 0 Å². The van der Waals surface area contributed by atoms with E-state index in [0.717, 1.165) is 37.1 Å². The van der Waals surface area contributed by atoms with Crippen molar-refractivity contribution < 1.29 is 4.79 Å². The maximum absolute atomic E-state index is 13.4. The molecule has 0 radical (unpaired) electrons. The summed E-state index contributed by atoms with van der Waals surface area (Å²) in [6.07, 6.45) is 5.60. The van der Waals surface area contributed by atoms with Gasteiger partial charge in [-0.05, 0) is 54.8 Å². The van der Waals surface area contributed by atoms with Crippen LogP contribution in [0.1, 0.15) is 37.7 Å². The molecule has 0 heterocycles. The van der Waals surface area contributed by atoms with Crippen molar-refractivity contribution in [3.63, 3.8) is 0 Å². The SMILES string of the molecule is Cc1ccc(N(C(=O)C2CCCCC2)c2ccc3ccccc3c2)cc1. The smallest absolute Gasteiger partial charge is 0.234 e. The molecule has 1 fully saturated rings. The van der Waals surface area contributed by atoms with Crippen LogP contribution in [0.25, 0.3) is 10.8 Å². The molecule has 1 amide bonds. The highest BCUT2D eigenvalue weighted by atomic mass is 16.2. The lowest BCUT2D eigenvalue weighted by atomic mass is 9.88. The number of nitrogens with zero attached hydrogens (tertiary/aromatic N) is 1. The fourth-order valence-electron chi connectivity index (χ4n) is 3.95. The van der Waals surface area contributed by atoms with Gasteiger partial charge in [-0.15, -0.1) is 0 Å². The van der Waals surface area contributed by atoms with Crippen LogP contribution in [0.2, 0.25) is 0 Å². The fraction of sp³-hybridized carbons (Fsp3) is 0.292. The first-order valence-electron chi connectivity index (χ1n) is 9.62. The third-order valence-electron chi connectivity index (χ3n) is 5.46. The van der Waals surface area contributed by atoms with Gasteiger partial charge in [0, 0.05) is 17.3 Å². The number of rotatable bonds is 3. The Morgan fingerprint density at radius 1 is 0.808 bits per heavy atom. The van der Waals surface area contributed by atoms with Gasteiger partial charge in [0.1, 0.15) is 0 Å². The molecule has 132 valence electrons. The predicted octanol–water partition coefficient (Wildman–Crippen LogP) is 6.39. The Morgan fingerprint density at radius 2 is 1.46 bits per heavy atom. The zero-order valence-electron chi connectivity index (χ0n) is 15.3. The largest absolute Gasteiger partial charge is 0.281 e. The van der Waals surface area contributed by atoms with Crippen LogP contribution in [0, 0.1) is 12.8 Å². The number of fused-ring (bicyclic) bond motifs is 1. The van der Waals surface area contributed by atoms with Gasteiger partial charge in [0.05, 0.1) is 0 Å². The fourth-order valence-corrected chi connectivity index (χ4v) is 3.95. The third kappa shape index (κ3) is 3.37. The zero-order valence-corrected chi connectivity index (χ0v) is 15.3. The predicted molar refractivity (Wildman–Crippen MR) is 109 cm³/mol. The molecule has 1 saturated carbocycles. The number of carbonyl (C=O) groups is 1. The van der Waals surface area contributed by atoms with Crippen LogP contribution in [0.5, 0.6) is 0 Å². The van der Waals surface area contributed by atoms with Crippen LogP contribution in [0.4, 0.5) is 11.4 Å². The second kappa shape index (κ2) is 7.33. The van der Waals surface area contributed by atoms with Gasteiger partial charge in [-0.1, -0.05) is 67.3 Å². The maximum Gasteiger partial charge on any atom is 0.234 e. The number of carbonyl (C=O) groups excluding carboxylic acids is 1. The van der Waals surface area contributed by atoms with E-state index in [2.05, 4.69) is 61.5 Å². The second-order valence-electron chi connectivity index (χ2n) is 7.38. The van der Waals surface area contributed by atoms with Gasteiger partial charge in [-0.25, -0.2) is 0 Å². The van der Waals surface area contributed by atoms with Crippen molar-refractivity contribution in [3.05, 3.63) is 72.3 Å². The topological polar surface area (TPSA) is 20.3 Å². The molecule has 0 spiro atoms. The van der Waals surface area contributed by atoms with Crippen LogP contribution in [0.15, 0.2) is 66.7 Å². The molecular formula is C24H25NO. The summed E-state index contributed by atoms with van der Waals surface area (Å²) >= 11 is 0. The van der Waals surface area contributed by atoms with Crippen molar-refractivity contribution in [2.45, 2.75) is 39.0 Å². The number of amides is 1. The number of hydrogen-bond donors (Lipinski definition) is 0. The highest BCUT2D eigenvalue weighted by Gasteiger charge is 2.28. The highest BCUT2D eigenvalue weighted by Crippen LogP contribution is 2.34. The Bertz CT molecular complexity index is 907. The van der Waals surface area contributed by atoms with E-state index in [1.54, 1.807) is 0 Å². The van der Waals surface area contributed by atoms with Gasteiger partial charge in [0.15, 0.2) is 0 Å². The van der Waals surface area contributed by atoms with Crippen molar-refractivity contribution >= 4 is 28.1 Å². The number of benzene rings is 3. The van der Waals surface area contributed by atoms with E-state index in [1.807, 2.05) is 17.0 Å². The summed E-state index contributed by atoms with van der Waals surface area (Å²) in [5, 5.41) is 2.36. The van der Waals surface area contributed by atoms with E-state index in [9.17, 15) is 4.79 Å². The molecule has 0 atom stereocenters. The molecular weight excluding hydrogens is 318 g/mol. The Balaban J connectivity index is 1.77. The first-order valence-corrected chi connectivity index (χ1v) is 9.62. The monoisotopic (exact) mass is 343 g/mol. The molecule has 0 bridgehead atoms. The first kappa shape index (κ1) is 16.8. The van der Waals surface area contributed by atoms with Crippen LogP contribution in [0.3, 0.4) is 0 Å². The summed E-state index contributed by atoms with van der Waals surface area (Å²) in [6.45, 7) is 2.08. The lowest BCUT2D eigenvalue weighted by Crippen LogP contribution is -2.33. The van der Waals surface area contributed by atoms with Crippen LogP contribution in [-0.2, 0) is 4.79 Å². The van der Waals surface area contributed by atoms with E-state index in [1.165, 1.54) is 22.8 Å². The van der Waals surface area contributed by atoms with E-state index >= 15 is 0 Å². The van der Waals surface area contributed by atoms with Crippen molar-refractivity contribution in [1.82, 2.24) is 0 Å². The van der Waals surface area contributed by atoms with Crippen LogP contribution < -0.4 is 4.90 Å². The number of hydrogen-bond acceptors (Lipinski definition) is 1. The minimum Gasteiger partial charge on any atom is -0.281 e. The average molecular weight is 343 g/mol. The minimum atomic E-state index is 0.136. The quantitative estimate of drug-likeness (QED) is 0.539. The molecule has 0 N–H and O–H groups in total. The Kier molecular flexibility index (Phi) is 4.75. The molecule has 3 aromatic carbocycles. The number of anilines is 2. The molecule has 26 heavy (non-hydrogen) atoms. The third-order valence-corrected chi connectivity index (χ3v) is 5.46. The molecule has 2 heteroatoms. The lowest BCUT2D eigenvalue weighted by molar-refractivity contribution is -0.122. The van der Waals surface area contributed by atoms with Crippen LogP contribution in [-0.4, -0.2) is 5.91 Å². The lowest BCUT2D eigenvalue weighted by Gasteiger charge is -2.30. The van der Waals surface area contributed by atoms with Crippen molar-refractivity contribution in [2.24, 2.45) is 5.92 Å². The summed E-state index contributed by atoms with van der Waals surface area (Å²) in [5.74, 6) is 0.375. The maximum atomic E-state index is 13.4. The number of aryl methyl sites for hydroxylation is 1. The Morgan fingerprint density at radius 3 is 2.19 bits per heavy atom. The molecule has 1 aliphatic rings. The van der Waals surface area contributed by atoms with Gasteiger partial charge >= 0.3 is 0 Å². The van der Waals surface area contributed by atoms with E-state index in [4.69, 9.17) is 0 Å². The van der Waals surface area contributed by atoms with Crippen molar-refractivity contribution in [2.75, 3.05) is 4.90 Å². The van der Waals surface area contributed by atoms with Crippen molar-refractivity contribution in [3.8, 4) is 0 Å². The normalized spacial score (nSPS) is 15.1. The molecule has 0 unspecified atom stereocenters. The first-order chi connectivity index (χ1) is 12.7. The second-order valence-corrected chi connectivity index (χ2v) is 7.38. The minimum absolute atomic E-state index is 0.136. The van der Waals surface area contributed by atoms with E-state index in [0.29, 0.717) is 0 Å². The van der Waals surface area contributed by atoms with Crippen LogP contribution >= 0.6 is 0 Å². The molecule has 0 saturated heterocycles. The zero-order chi connectivity index (χ0) is 17.9. The molecule has 3 aromatic rings. The van der Waals surface area contributed by atoms with Gasteiger partial charge in [-0.3, -0.25) is 9.69 Å². The summed E-state index contributed by atoms with van der Waals surface area (Å²) in [5.41, 5.74) is 3.13.